The van der Waals surface area contributed by atoms with Gasteiger partial charge in [-0.2, -0.15) is 0 Å². The lowest BCUT2D eigenvalue weighted by Crippen LogP contribution is -2.11. The molecule has 0 aliphatic heterocycles. The number of rotatable bonds is 5. The third kappa shape index (κ3) is 3.30. The van der Waals surface area contributed by atoms with Crippen LogP contribution < -0.4 is 9.47 Å². The van der Waals surface area contributed by atoms with Crippen LogP contribution in [0.25, 0.3) is 4.85 Å². The van der Waals surface area contributed by atoms with Gasteiger partial charge in [-0.1, -0.05) is 17.7 Å². The minimum absolute atomic E-state index is 0.124. The van der Waals surface area contributed by atoms with Crippen LogP contribution in [0.4, 0.5) is 0 Å². The molecule has 5 nitrogen and oxygen atoms in total. The highest BCUT2D eigenvalue weighted by Gasteiger charge is 2.35. The Labute approximate surface area is 136 Å². The molecule has 0 radical (unpaired) electrons. The van der Waals surface area contributed by atoms with E-state index >= 15 is 0 Å². The molecule has 2 aromatic carbocycles. The van der Waals surface area contributed by atoms with Crippen LogP contribution in [0.1, 0.15) is 16.5 Å². The summed E-state index contributed by atoms with van der Waals surface area (Å²) in [4.78, 5) is 3.45. The van der Waals surface area contributed by atoms with Crippen molar-refractivity contribution in [1.82, 2.24) is 0 Å². The third-order valence-corrected chi connectivity index (χ3v) is 5.35. The van der Waals surface area contributed by atoms with E-state index in [1.807, 2.05) is 6.92 Å². The Bertz CT molecular complexity index is 836. The second kappa shape index (κ2) is 6.71. The van der Waals surface area contributed by atoms with Gasteiger partial charge in [0.1, 0.15) is 0 Å². The zero-order valence-corrected chi connectivity index (χ0v) is 13.9. The van der Waals surface area contributed by atoms with Gasteiger partial charge >= 0.3 is 5.37 Å². The Hall–Kier alpha value is -2.52. The second-order valence-electron chi connectivity index (χ2n) is 4.95. The van der Waals surface area contributed by atoms with E-state index in [-0.39, 0.29) is 4.90 Å². The van der Waals surface area contributed by atoms with Crippen LogP contribution in [-0.4, -0.2) is 22.6 Å². The Morgan fingerprint density at radius 3 is 2.13 bits per heavy atom. The van der Waals surface area contributed by atoms with Gasteiger partial charge in [0.05, 0.1) is 24.7 Å². The summed E-state index contributed by atoms with van der Waals surface area (Å²) in [6.45, 7) is 9.22. The van der Waals surface area contributed by atoms with Gasteiger partial charge in [0.15, 0.2) is 11.5 Å². The first kappa shape index (κ1) is 16.8. The smallest absolute Gasteiger partial charge is 0.350 e. The molecule has 2 rings (SSSR count). The lowest BCUT2D eigenvalue weighted by Gasteiger charge is -2.12. The van der Waals surface area contributed by atoms with Gasteiger partial charge in [0.25, 0.3) is 9.84 Å². The van der Waals surface area contributed by atoms with E-state index in [0.29, 0.717) is 17.1 Å². The molecule has 0 aliphatic rings. The average molecular weight is 331 g/mol. The second-order valence-corrected chi connectivity index (χ2v) is 6.96. The van der Waals surface area contributed by atoms with Crippen molar-refractivity contribution in [3.8, 4) is 11.5 Å². The monoisotopic (exact) mass is 331 g/mol. The number of methoxy groups -OCH3 is 2. The number of hydrogen-bond donors (Lipinski definition) is 0. The maximum atomic E-state index is 12.7. The van der Waals surface area contributed by atoms with Crippen molar-refractivity contribution in [2.45, 2.75) is 17.2 Å². The molecule has 0 unspecified atom stereocenters. The topological polar surface area (TPSA) is 57.0 Å². The molecule has 0 amide bonds. The highest BCUT2D eigenvalue weighted by atomic mass is 32.2. The van der Waals surface area contributed by atoms with Crippen molar-refractivity contribution >= 4 is 9.84 Å². The molecule has 120 valence electrons. The molecule has 0 N–H and O–H groups in total. The first-order valence-corrected chi connectivity index (χ1v) is 8.37. The standard InChI is InChI=1S/C17H17NO4S/c1-12-5-8-14(9-6-12)23(19,20)17(18-2)13-7-10-15(21-3)16(11-13)22-4/h5-11,17H,1,3-4H3/t17-/m1/s1. The normalized spacial score (nSPS) is 12.3. The summed E-state index contributed by atoms with van der Waals surface area (Å²) in [6, 6.07) is 11.1. The van der Waals surface area contributed by atoms with Gasteiger partial charge < -0.3 is 9.47 Å². The van der Waals surface area contributed by atoms with Gasteiger partial charge in [-0.15, -0.1) is 0 Å². The number of hydrogen-bond acceptors (Lipinski definition) is 4. The molecular formula is C17H17NO4S. The summed E-state index contributed by atoms with van der Waals surface area (Å²) in [5.74, 6) is 0.866. The first-order valence-electron chi connectivity index (χ1n) is 6.83. The van der Waals surface area contributed by atoms with Crippen LogP contribution in [0.3, 0.4) is 0 Å². The maximum Gasteiger partial charge on any atom is 0.350 e. The third-order valence-electron chi connectivity index (χ3n) is 3.45. The van der Waals surface area contributed by atoms with E-state index in [1.165, 1.54) is 32.4 Å². The van der Waals surface area contributed by atoms with E-state index in [1.54, 1.807) is 24.3 Å². The molecule has 1 atom stereocenters. The summed E-state index contributed by atoms with van der Waals surface area (Å²) in [6.07, 6.45) is 0. The quantitative estimate of drug-likeness (QED) is 0.788. The first-order chi connectivity index (χ1) is 10.9. The molecule has 0 heterocycles. The summed E-state index contributed by atoms with van der Waals surface area (Å²) in [5.41, 5.74) is 1.30. The summed E-state index contributed by atoms with van der Waals surface area (Å²) in [7, 11) is -0.862. The van der Waals surface area contributed by atoms with Crippen molar-refractivity contribution in [2.75, 3.05) is 14.2 Å². The predicted octanol–water partition coefficient (Wildman–Crippen LogP) is 3.40. The summed E-state index contributed by atoms with van der Waals surface area (Å²) in [5, 5.41) is -1.33. The molecule has 0 saturated heterocycles. The minimum atomic E-state index is -3.82. The average Bonchev–Trinajstić information content (AvgIpc) is 2.55. The Morgan fingerprint density at radius 2 is 1.61 bits per heavy atom. The van der Waals surface area contributed by atoms with E-state index in [0.717, 1.165) is 5.56 Å². The zero-order chi connectivity index (χ0) is 17.0. The molecule has 0 aliphatic carbocycles. The summed E-state index contributed by atoms with van der Waals surface area (Å²) < 4.78 is 35.8. The molecule has 0 saturated carbocycles. The largest absolute Gasteiger partial charge is 0.493 e. The van der Waals surface area contributed by atoms with E-state index < -0.39 is 15.2 Å². The van der Waals surface area contributed by atoms with Crippen molar-refractivity contribution in [2.24, 2.45) is 0 Å². The number of nitrogens with zero attached hydrogens (tertiary/aromatic N) is 1. The molecule has 0 aromatic heterocycles. The van der Waals surface area contributed by atoms with Crippen LogP contribution in [0.5, 0.6) is 11.5 Å². The van der Waals surface area contributed by atoms with Crippen LogP contribution >= 0.6 is 0 Å². The zero-order valence-electron chi connectivity index (χ0n) is 13.1. The van der Waals surface area contributed by atoms with Gasteiger partial charge in [0.2, 0.25) is 0 Å². The maximum absolute atomic E-state index is 12.7. The number of ether oxygens (including phenoxy) is 2. The molecule has 2 aromatic rings. The van der Waals surface area contributed by atoms with Crippen molar-refractivity contribution in [3.05, 3.63) is 65.0 Å². The lowest BCUT2D eigenvalue weighted by molar-refractivity contribution is 0.354. The Kier molecular flexibility index (Phi) is 4.92. The Balaban J connectivity index is 2.51. The van der Waals surface area contributed by atoms with Crippen LogP contribution in [0.2, 0.25) is 0 Å². The van der Waals surface area contributed by atoms with E-state index in [4.69, 9.17) is 16.0 Å². The molecule has 0 spiro atoms. The van der Waals surface area contributed by atoms with Crippen LogP contribution in [0, 0.1) is 13.5 Å². The van der Waals surface area contributed by atoms with Crippen LogP contribution in [-0.2, 0) is 9.84 Å². The Morgan fingerprint density at radius 1 is 1.00 bits per heavy atom. The molecule has 6 heteroatoms. The van der Waals surface area contributed by atoms with E-state index in [2.05, 4.69) is 4.85 Å². The highest BCUT2D eigenvalue weighted by Crippen LogP contribution is 2.35. The van der Waals surface area contributed by atoms with Crippen molar-refractivity contribution in [1.29, 1.82) is 0 Å². The number of sulfone groups is 1. The van der Waals surface area contributed by atoms with Crippen molar-refractivity contribution < 1.29 is 17.9 Å². The fraction of sp³-hybridized carbons (Fsp3) is 0.235. The minimum Gasteiger partial charge on any atom is -0.493 e. The summed E-state index contributed by atoms with van der Waals surface area (Å²) >= 11 is 0. The van der Waals surface area contributed by atoms with Gasteiger partial charge in [-0.3, -0.25) is 4.85 Å². The lowest BCUT2D eigenvalue weighted by atomic mass is 10.2. The fourth-order valence-electron chi connectivity index (χ4n) is 2.19. The molecule has 0 bridgehead atoms. The van der Waals surface area contributed by atoms with Gasteiger partial charge in [-0.05, 0) is 37.3 Å². The van der Waals surface area contributed by atoms with Gasteiger partial charge in [-0.25, -0.2) is 15.0 Å². The number of benzene rings is 2. The molecular weight excluding hydrogens is 314 g/mol. The van der Waals surface area contributed by atoms with E-state index in [9.17, 15) is 8.42 Å². The molecule has 23 heavy (non-hydrogen) atoms. The van der Waals surface area contributed by atoms with Gasteiger partial charge in [0, 0.05) is 0 Å². The van der Waals surface area contributed by atoms with Crippen LogP contribution in [0.15, 0.2) is 47.4 Å². The highest BCUT2D eigenvalue weighted by molar-refractivity contribution is 7.91. The SMILES string of the molecule is [C-]#[N+][C@@H](c1ccc(OC)c(OC)c1)S(=O)(=O)c1ccc(C)cc1. The number of aryl methyl sites for hydroxylation is 1. The predicted molar refractivity (Wildman–Crippen MR) is 87.3 cm³/mol. The van der Waals surface area contributed by atoms with Crippen molar-refractivity contribution in [3.63, 3.8) is 0 Å². The fourth-order valence-corrected chi connectivity index (χ4v) is 3.60. The molecule has 0 fully saturated rings.